The lowest BCUT2D eigenvalue weighted by molar-refractivity contribution is 0.0535. The van der Waals surface area contributed by atoms with Gasteiger partial charge in [0.1, 0.15) is 12.7 Å². The average molecular weight is 424 g/mol. The van der Waals surface area contributed by atoms with E-state index in [4.69, 9.17) is 21.6 Å². The molecule has 0 N–H and O–H groups in total. The second-order valence-corrected chi connectivity index (χ2v) is 8.47. The Bertz CT molecular complexity index is 991. The third kappa shape index (κ3) is 4.52. The highest BCUT2D eigenvalue weighted by molar-refractivity contribution is 6.31. The van der Waals surface area contributed by atoms with Crippen LogP contribution < -0.4 is 0 Å². The number of ether oxygens (including phenoxy) is 1. The zero-order valence-electron chi connectivity index (χ0n) is 17.3. The van der Waals surface area contributed by atoms with Crippen molar-refractivity contribution in [2.45, 2.75) is 26.4 Å². The molecule has 30 heavy (non-hydrogen) atoms. The fraction of sp³-hybridized carbons (Fsp3) is 0.417. The molecule has 2 aliphatic rings. The summed E-state index contributed by atoms with van der Waals surface area (Å²) in [6.45, 7) is 8.83. The van der Waals surface area contributed by atoms with Crippen LogP contribution in [0.1, 0.15) is 38.2 Å². The molecule has 0 aromatic heterocycles. The maximum atomic E-state index is 11.7. The second-order valence-electron chi connectivity index (χ2n) is 8.06. The first kappa shape index (κ1) is 20.9. The molecule has 2 aliphatic heterocycles. The molecule has 0 amide bonds. The largest absolute Gasteiger partial charge is 0.457 e. The molecule has 2 heterocycles. The number of hydrogen-bond donors (Lipinski definition) is 0. The van der Waals surface area contributed by atoms with Crippen molar-refractivity contribution < 1.29 is 9.53 Å². The number of piperazine rings is 1. The first-order valence-corrected chi connectivity index (χ1v) is 10.8. The van der Waals surface area contributed by atoms with E-state index in [-0.39, 0.29) is 5.97 Å². The van der Waals surface area contributed by atoms with Gasteiger partial charge in [0, 0.05) is 44.8 Å². The molecule has 0 atom stereocenters. The number of nitrogens with zero attached hydrogens (tertiary/aromatic N) is 3. The highest BCUT2D eigenvalue weighted by atomic mass is 35.5. The van der Waals surface area contributed by atoms with E-state index in [1.54, 1.807) is 6.07 Å². The van der Waals surface area contributed by atoms with Gasteiger partial charge in [-0.3, -0.25) is 0 Å². The van der Waals surface area contributed by atoms with Crippen molar-refractivity contribution in [3.05, 3.63) is 68.7 Å². The smallest absolute Gasteiger partial charge is 0.338 e. The van der Waals surface area contributed by atoms with Crippen LogP contribution in [0.4, 0.5) is 0 Å². The number of esters is 1. The lowest BCUT2D eigenvalue weighted by Gasteiger charge is -2.34. The van der Waals surface area contributed by atoms with Crippen molar-refractivity contribution in [3.8, 4) is 6.07 Å². The number of rotatable bonds is 6. The first-order chi connectivity index (χ1) is 14.5. The number of cyclic esters (lactones) is 1. The van der Waals surface area contributed by atoms with Crippen LogP contribution in [0.15, 0.2) is 30.3 Å². The van der Waals surface area contributed by atoms with Gasteiger partial charge in [-0.05, 0) is 54.7 Å². The summed E-state index contributed by atoms with van der Waals surface area (Å²) < 4.78 is 5.16. The second kappa shape index (κ2) is 9.18. The lowest BCUT2D eigenvalue weighted by atomic mass is 9.96. The molecule has 2 aromatic rings. The number of halogens is 1. The molecule has 0 spiro atoms. The van der Waals surface area contributed by atoms with E-state index in [1.165, 1.54) is 16.7 Å². The van der Waals surface area contributed by atoms with Crippen LogP contribution in [0.2, 0.25) is 5.02 Å². The molecule has 1 saturated heterocycles. The third-order valence-corrected chi connectivity index (χ3v) is 6.62. The summed E-state index contributed by atoms with van der Waals surface area (Å²) in [4.78, 5) is 16.7. The minimum atomic E-state index is -0.195. The van der Waals surface area contributed by atoms with Gasteiger partial charge in [-0.25, -0.2) is 4.79 Å². The van der Waals surface area contributed by atoms with Crippen molar-refractivity contribution in [1.29, 1.82) is 5.26 Å². The standard InChI is InChI=1S/C24H26ClN3O2/c1-17-19(4-5-21-22(17)16-30-24(21)29)7-9-28-12-10-27(11-13-28)8-6-18-2-3-20(15-26)23(25)14-18/h2-5,14H,6-13,16H2,1H3. The lowest BCUT2D eigenvalue weighted by Crippen LogP contribution is -2.47. The molecule has 0 unspecified atom stereocenters. The predicted molar refractivity (Wildman–Crippen MR) is 117 cm³/mol. The molecule has 5 nitrogen and oxygen atoms in total. The van der Waals surface area contributed by atoms with Crippen LogP contribution in [-0.2, 0) is 24.2 Å². The minimum absolute atomic E-state index is 0.195. The molecular weight excluding hydrogens is 398 g/mol. The molecule has 0 saturated carbocycles. The van der Waals surface area contributed by atoms with Gasteiger partial charge in [0.2, 0.25) is 0 Å². The van der Waals surface area contributed by atoms with Crippen molar-refractivity contribution in [1.82, 2.24) is 9.80 Å². The van der Waals surface area contributed by atoms with E-state index >= 15 is 0 Å². The van der Waals surface area contributed by atoms with Gasteiger partial charge in [-0.15, -0.1) is 0 Å². The Hall–Kier alpha value is -2.39. The molecule has 0 bridgehead atoms. The van der Waals surface area contributed by atoms with Gasteiger partial charge in [0.25, 0.3) is 0 Å². The Morgan fingerprint density at radius 3 is 2.43 bits per heavy atom. The fourth-order valence-corrected chi connectivity index (χ4v) is 4.52. The number of carbonyl (C=O) groups is 1. The van der Waals surface area contributed by atoms with E-state index in [2.05, 4.69) is 28.9 Å². The van der Waals surface area contributed by atoms with Gasteiger partial charge >= 0.3 is 5.97 Å². The number of benzene rings is 2. The van der Waals surface area contributed by atoms with Crippen LogP contribution in [-0.4, -0.2) is 55.0 Å². The number of hydrogen-bond acceptors (Lipinski definition) is 5. The Morgan fingerprint density at radius 1 is 1.07 bits per heavy atom. The Kier molecular flexibility index (Phi) is 6.38. The van der Waals surface area contributed by atoms with E-state index in [1.807, 2.05) is 18.2 Å². The molecule has 2 aromatic carbocycles. The molecular formula is C24H26ClN3O2. The quantitative estimate of drug-likeness (QED) is 0.664. The van der Waals surface area contributed by atoms with Crippen molar-refractivity contribution in [2.75, 3.05) is 39.3 Å². The van der Waals surface area contributed by atoms with Gasteiger partial charge in [0.15, 0.2) is 0 Å². The van der Waals surface area contributed by atoms with Crippen LogP contribution in [0.5, 0.6) is 0 Å². The summed E-state index contributed by atoms with van der Waals surface area (Å²) in [6.07, 6.45) is 1.94. The Labute approximate surface area is 182 Å². The average Bonchev–Trinajstić information content (AvgIpc) is 3.14. The highest BCUT2D eigenvalue weighted by Crippen LogP contribution is 2.26. The molecule has 0 aliphatic carbocycles. The number of fused-ring (bicyclic) bond motifs is 1. The maximum Gasteiger partial charge on any atom is 0.338 e. The summed E-state index contributed by atoms with van der Waals surface area (Å²) >= 11 is 6.14. The summed E-state index contributed by atoms with van der Waals surface area (Å²) in [5.41, 5.74) is 6.02. The number of nitriles is 1. The van der Waals surface area contributed by atoms with E-state index in [0.717, 1.165) is 63.2 Å². The normalized spacial score (nSPS) is 16.9. The Balaban J connectivity index is 1.23. The maximum absolute atomic E-state index is 11.7. The summed E-state index contributed by atoms with van der Waals surface area (Å²) in [5.74, 6) is -0.195. The van der Waals surface area contributed by atoms with Crippen LogP contribution in [0, 0.1) is 18.3 Å². The predicted octanol–water partition coefficient (Wildman–Crippen LogP) is 3.59. The monoisotopic (exact) mass is 423 g/mol. The van der Waals surface area contributed by atoms with Gasteiger partial charge < -0.3 is 14.5 Å². The van der Waals surface area contributed by atoms with E-state index in [0.29, 0.717) is 17.2 Å². The molecule has 1 fully saturated rings. The van der Waals surface area contributed by atoms with Crippen molar-refractivity contribution in [3.63, 3.8) is 0 Å². The van der Waals surface area contributed by atoms with E-state index < -0.39 is 0 Å². The van der Waals surface area contributed by atoms with E-state index in [9.17, 15) is 4.79 Å². The summed E-state index contributed by atoms with van der Waals surface area (Å²) in [7, 11) is 0. The topological polar surface area (TPSA) is 56.6 Å². The minimum Gasteiger partial charge on any atom is -0.457 e. The van der Waals surface area contributed by atoms with Gasteiger partial charge in [0.05, 0.1) is 16.1 Å². The van der Waals surface area contributed by atoms with Crippen LogP contribution in [0.3, 0.4) is 0 Å². The third-order valence-electron chi connectivity index (χ3n) is 6.31. The molecule has 4 rings (SSSR count). The zero-order valence-corrected chi connectivity index (χ0v) is 18.0. The van der Waals surface area contributed by atoms with Crippen molar-refractivity contribution in [2.24, 2.45) is 0 Å². The van der Waals surface area contributed by atoms with Gasteiger partial charge in [-0.2, -0.15) is 5.26 Å². The zero-order chi connectivity index (χ0) is 21.1. The number of carbonyl (C=O) groups excluding carboxylic acids is 1. The summed E-state index contributed by atoms with van der Waals surface area (Å²) in [5, 5.41) is 9.52. The van der Waals surface area contributed by atoms with Gasteiger partial charge in [-0.1, -0.05) is 23.7 Å². The Morgan fingerprint density at radius 2 is 1.77 bits per heavy atom. The summed E-state index contributed by atoms with van der Waals surface area (Å²) in [6, 6.07) is 11.8. The fourth-order valence-electron chi connectivity index (χ4n) is 4.28. The molecule has 156 valence electrons. The van der Waals surface area contributed by atoms with Crippen LogP contribution >= 0.6 is 11.6 Å². The SMILES string of the molecule is Cc1c(CCN2CCN(CCc3ccc(C#N)c(Cl)c3)CC2)ccc2c1COC2=O. The molecule has 0 radical (unpaired) electrons. The van der Waals surface area contributed by atoms with Crippen LogP contribution in [0.25, 0.3) is 0 Å². The first-order valence-electron chi connectivity index (χ1n) is 10.5. The van der Waals surface area contributed by atoms with Crippen molar-refractivity contribution >= 4 is 17.6 Å². The highest BCUT2D eigenvalue weighted by Gasteiger charge is 2.24. The molecule has 6 heteroatoms.